The maximum Gasteiger partial charge on any atom is 0.257 e. The molecule has 2 atom stereocenters. The lowest BCUT2D eigenvalue weighted by atomic mass is 10.1. The highest BCUT2D eigenvalue weighted by Crippen LogP contribution is 2.53. The molecule has 2 aliphatic rings. The molecule has 0 aromatic heterocycles. The van der Waals surface area contributed by atoms with Crippen molar-refractivity contribution in [3.05, 3.63) is 52.6 Å². The Bertz CT molecular complexity index is 1170. The van der Waals surface area contributed by atoms with Crippen LogP contribution >= 0.6 is 34.8 Å². The molecule has 1 saturated carbocycles. The molecule has 12 heteroatoms. The van der Waals surface area contributed by atoms with Crippen molar-refractivity contribution in [1.82, 2.24) is 0 Å². The van der Waals surface area contributed by atoms with E-state index in [1.165, 1.54) is 18.2 Å². The van der Waals surface area contributed by atoms with Gasteiger partial charge in [0.15, 0.2) is 5.82 Å². The number of amides is 3. The molecule has 1 aliphatic heterocycles. The molecule has 180 valence electrons. The van der Waals surface area contributed by atoms with Crippen LogP contribution in [0.5, 0.6) is 0 Å². The minimum Gasteiger partial charge on any atom is -0.368 e. The van der Waals surface area contributed by atoms with Crippen LogP contribution < -0.4 is 16.0 Å². The van der Waals surface area contributed by atoms with Gasteiger partial charge in [0, 0.05) is 12.3 Å². The maximum atomic E-state index is 15.0. The van der Waals surface area contributed by atoms with Gasteiger partial charge in [-0.25, -0.2) is 8.78 Å². The van der Waals surface area contributed by atoms with Crippen molar-refractivity contribution in [2.75, 3.05) is 22.6 Å². The number of carbonyl (C=O) groups excluding carboxylic acids is 3. The largest absolute Gasteiger partial charge is 0.368 e. The summed E-state index contributed by atoms with van der Waals surface area (Å²) < 4.78 is 33.3. The first-order valence-corrected chi connectivity index (χ1v) is 11.4. The second-order valence-electron chi connectivity index (χ2n) is 7.93. The summed E-state index contributed by atoms with van der Waals surface area (Å²) in [6, 6.07) is 6.06. The van der Waals surface area contributed by atoms with E-state index < -0.39 is 51.4 Å². The van der Waals surface area contributed by atoms with Gasteiger partial charge in [-0.05, 0) is 49.6 Å². The van der Waals surface area contributed by atoms with E-state index in [9.17, 15) is 23.2 Å². The summed E-state index contributed by atoms with van der Waals surface area (Å²) in [4.78, 5) is 37.2. The summed E-state index contributed by atoms with van der Waals surface area (Å²) in [6.07, 6.45) is 0.609. The molecule has 3 N–H and O–H groups in total. The Morgan fingerprint density at radius 3 is 2.41 bits per heavy atom. The average Bonchev–Trinajstić information content (AvgIpc) is 3.16. The molecule has 0 radical (unpaired) electrons. The van der Waals surface area contributed by atoms with Crippen LogP contribution in [0.15, 0.2) is 30.3 Å². The number of ether oxygens (including phenoxy) is 1. The van der Waals surface area contributed by atoms with Crippen LogP contribution in [0.25, 0.3) is 0 Å². The molecular weight excluding hydrogens is 515 g/mol. The Morgan fingerprint density at radius 1 is 1.03 bits per heavy atom. The Morgan fingerprint density at radius 2 is 1.76 bits per heavy atom. The summed E-state index contributed by atoms with van der Waals surface area (Å²) in [5, 5.41) is 7.10. The average molecular weight is 533 g/mol. The summed E-state index contributed by atoms with van der Waals surface area (Å²) in [7, 11) is 0. The number of carbonyl (C=O) groups is 3. The Labute approximate surface area is 208 Å². The molecule has 3 amide bonds. The van der Waals surface area contributed by atoms with E-state index in [1.807, 2.05) is 0 Å². The zero-order chi connectivity index (χ0) is 24.6. The fourth-order valence-corrected chi connectivity index (χ4v) is 4.16. The summed E-state index contributed by atoms with van der Waals surface area (Å²) in [5.74, 6) is -4.69. The van der Waals surface area contributed by atoms with E-state index in [1.54, 1.807) is 0 Å². The summed E-state index contributed by atoms with van der Waals surface area (Å²) in [6.45, 7) is 0.388. The normalized spacial score (nSPS) is 20.5. The van der Waals surface area contributed by atoms with Gasteiger partial charge in [0.2, 0.25) is 5.91 Å². The molecule has 1 aliphatic carbocycles. The number of alkyl halides is 2. The van der Waals surface area contributed by atoms with Crippen LogP contribution in [-0.4, -0.2) is 34.8 Å². The van der Waals surface area contributed by atoms with E-state index in [2.05, 4.69) is 16.0 Å². The van der Waals surface area contributed by atoms with Gasteiger partial charge in [0.05, 0.1) is 22.2 Å². The predicted octanol–water partition coefficient (Wildman–Crippen LogP) is 5.12. The van der Waals surface area contributed by atoms with Gasteiger partial charge in [-0.3, -0.25) is 14.4 Å². The molecule has 1 heterocycles. The second-order valence-corrected chi connectivity index (χ2v) is 9.88. The van der Waals surface area contributed by atoms with Crippen molar-refractivity contribution in [2.24, 2.45) is 5.92 Å². The van der Waals surface area contributed by atoms with Gasteiger partial charge in [-0.2, -0.15) is 0 Å². The number of anilines is 3. The van der Waals surface area contributed by atoms with E-state index >= 15 is 0 Å². The topological polar surface area (TPSA) is 96.5 Å². The van der Waals surface area contributed by atoms with Gasteiger partial charge in [-0.15, -0.1) is 23.2 Å². The monoisotopic (exact) mass is 531 g/mol. The molecule has 7 nitrogen and oxygen atoms in total. The third-order valence-corrected chi connectivity index (χ3v) is 6.60. The summed E-state index contributed by atoms with van der Waals surface area (Å²) in [5.41, 5.74) is -0.918. The first kappa shape index (κ1) is 24.7. The molecular formula is C22H18Cl3F2N3O4. The number of hydrogen-bond acceptors (Lipinski definition) is 4. The Kier molecular flexibility index (Phi) is 7.00. The lowest BCUT2D eigenvalue weighted by Gasteiger charge is -2.15. The number of nitrogens with one attached hydrogen (secondary N) is 3. The molecule has 1 saturated heterocycles. The van der Waals surface area contributed by atoms with Crippen LogP contribution in [0.3, 0.4) is 0 Å². The lowest BCUT2D eigenvalue weighted by Crippen LogP contribution is -2.28. The highest BCUT2D eigenvalue weighted by molar-refractivity contribution is 6.52. The van der Waals surface area contributed by atoms with Crippen LogP contribution in [-0.2, 0) is 14.3 Å². The van der Waals surface area contributed by atoms with Crippen LogP contribution in [0.2, 0.25) is 5.02 Å². The highest BCUT2D eigenvalue weighted by atomic mass is 35.5. The second kappa shape index (κ2) is 9.65. The number of benzene rings is 2. The highest BCUT2D eigenvalue weighted by Gasteiger charge is 2.56. The first-order chi connectivity index (χ1) is 16.1. The van der Waals surface area contributed by atoms with Crippen molar-refractivity contribution in [3.8, 4) is 0 Å². The first-order valence-electron chi connectivity index (χ1n) is 10.3. The molecule has 4 rings (SSSR count). The van der Waals surface area contributed by atoms with Crippen LogP contribution in [0.4, 0.5) is 25.8 Å². The smallest absolute Gasteiger partial charge is 0.257 e. The third kappa shape index (κ3) is 5.27. The van der Waals surface area contributed by atoms with E-state index in [0.717, 1.165) is 12.1 Å². The zero-order valence-corrected chi connectivity index (χ0v) is 19.7. The molecule has 0 spiro atoms. The van der Waals surface area contributed by atoms with Gasteiger partial charge in [-0.1, -0.05) is 11.6 Å². The maximum absolute atomic E-state index is 15.0. The fraction of sp³-hybridized carbons (Fsp3) is 0.318. The van der Waals surface area contributed by atoms with Crippen molar-refractivity contribution < 1.29 is 27.9 Å². The SMILES string of the molecule is O=C(Nc1ccc(F)c(NC(=O)C2CCCO2)c1F)c1cc(NC(=O)[C@H]2CC2(Cl)Cl)ccc1Cl. The van der Waals surface area contributed by atoms with Crippen molar-refractivity contribution in [1.29, 1.82) is 0 Å². The predicted molar refractivity (Wildman–Crippen MR) is 125 cm³/mol. The van der Waals surface area contributed by atoms with Gasteiger partial charge >= 0.3 is 0 Å². The number of halogens is 5. The minimum atomic E-state index is -1.17. The molecule has 1 unspecified atom stereocenters. The van der Waals surface area contributed by atoms with Crippen LogP contribution in [0.1, 0.15) is 29.6 Å². The Balaban J connectivity index is 1.50. The van der Waals surface area contributed by atoms with Gasteiger partial charge in [0.25, 0.3) is 11.8 Å². The van der Waals surface area contributed by atoms with Crippen molar-refractivity contribution in [2.45, 2.75) is 29.7 Å². The van der Waals surface area contributed by atoms with E-state index in [0.29, 0.717) is 25.9 Å². The molecule has 0 bridgehead atoms. The van der Waals surface area contributed by atoms with Gasteiger partial charge < -0.3 is 20.7 Å². The molecule has 2 aromatic carbocycles. The minimum absolute atomic E-state index is 0.0281. The number of rotatable bonds is 6. The molecule has 2 fully saturated rings. The van der Waals surface area contributed by atoms with Crippen molar-refractivity contribution >= 4 is 69.6 Å². The van der Waals surface area contributed by atoms with E-state index in [-0.39, 0.29) is 22.0 Å². The quantitative estimate of drug-likeness (QED) is 0.450. The van der Waals surface area contributed by atoms with Crippen molar-refractivity contribution in [3.63, 3.8) is 0 Å². The zero-order valence-electron chi connectivity index (χ0n) is 17.4. The van der Waals surface area contributed by atoms with E-state index in [4.69, 9.17) is 39.5 Å². The Hall–Kier alpha value is -2.46. The lowest BCUT2D eigenvalue weighted by molar-refractivity contribution is -0.124. The van der Waals surface area contributed by atoms with Crippen LogP contribution in [0, 0.1) is 17.6 Å². The third-order valence-electron chi connectivity index (χ3n) is 5.43. The molecule has 2 aromatic rings. The number of hydrogen-bond donors (Lipinski definition) is 3. The molecule has 34 heavy (non-hydrogen) atoms. The standard InChI is InChI=1S/C22H18Cl3F2N3O4/c23-13-4-3-10(28-20(32)12-9-22(12,24)25)8-11(13)19(31)29-15-6-5-14(26)18(17(15)27)30-21(33)16-2-1-7-34-16/h3-6,8,12,16H,1-2,7,9H2,(H,28,32)(H,29,31)(H,30,33)/t12-,16?/m1/s1. The van der Waals surface area contributed by atoms with Gasteiger partial charge in [0.1, 0.15) is 21.9 Å². The summed E-state index contributed by atoms with van der Waals surface area (Å²) >= 11 is 17.9. The fourth-order valence-electron chi connectivity index (χ4n) is 3.45.